The van der Waals surface area contributed by atoms with Gasteiger partial charge in [-0.2, -0.15) is 0 Å². The van der Waals surface area contributed by atoms with Crippen molar-refractivity contribution in [3.8, 4) is 0 Å². The van der Waals surface area contributed by atoms with Gasteiger partial charge in [0.1, 0.15) is 0 Å². The van der Waals surface area contributed by atoms with Gasteiger partial charge in [-0.15, -0.1) is 0 Å². The fraction of sp³-hybridized carbons (Fsp3) is 0. The number of benzene rings is 1. The van der Waals surface area contributed by atoms with Gasteiger partial charge in [-0.25, -0.2) is 9.97 Å². The van der Waals surface area contributed by atoms with Crippen molar-refractivity contribution < 1.29 is 0 Å². The van der Waals surface area contributed by atoms with Gasteiger partial charge in [-0.05, 0) is 40.8 Å². The van der Waals surface area contributed by atoms with Crippen LogP contribution in [-0.4, -0.2) is 9.97 Å². The maximum absolute atomic E-state index is 5.86. The Morgan fingerprint density at radius 2 is 1.94 bits per heavy atom. The molecule has 6 heteroatoms. The van der Waals surface area contributed by atoms with E-state index in [1.54, 1.807) is 12.4 Å². The number of nitrogens with one attached hydrogen (secondary N) is 1. The van der Waals surface area contributed by atoms with Crippen LogP contribution in [-0.2, 0) is 0 Å². The Balaban J connectivity index is 2.23. The molecule has 0 radical (unpaired) electrons. The average molecular weight is 347 g/mol. The number of anilines is 3. The van der Waals surface area contributed by atoms with Crippen LogP contribution in [0, 0.1) is 3.57 Å². The molecule has 0 saturated carbocycles. The molecule has 82 valence electrons. The predicted molar refractivity (Wildman–Crippen MR) is 73.9 cm³/mol. The standard InChI is InChI=1S/C10H8ClIN4/c11-6-1-2-9(8(12)3-6)16-10-14-4-7(13)5-15-10/h1-5H,13H2,(H,14,15,16). The highest BCUT2D eigenvalue weighted by Crippen LogP contribution is 2.24. The van der Waals surface area contributed by atoms with E-state index in [1.807, 2.05) is 18.2 Å². The van der Waals surface area contributed by atoms with Gasteiger partial charge in [0.2, 0.25) is 5.95 Å². The molecule has 2 aromatic rings. The Morgan fingerprint density at radius 3 is 2.56 bits per heavy atom. The third kappa shape index (κ3) is 2.73. The van der Waals surface area contributed by atoms with E-state index < -0.39 is 0 Å². The van der Waals surface area contributed by atoms with Crippen LogP contribution >= 0.6 is 34.2 Å². The molecule has 3 N–H and O–H groups in total. The summed E-state index contributed by atoms with van der Waals surface area (Å²) in [4.78, 5) is 8.11. The van der Waals surface area contributed by atoms with Crippen LogP contribution in [0.4, 0.5) is 17.3 Å². The molecule has 16 heavy (non-hydrogen) atoms. The first-order valence-electron chi connectivity index (χ1n) is 4.45. The van der Waals surface area contributed by atoms with Crippen molar-refractivity contribution >= 4 is 51.5 Å². The Kier molecular flexibility index (Phi) is 3.45. The maximum Gasteiger partial charge on any atom is 0.227 e. The zero-order valence-electron chi connectivity index (χ0n) is 8.11. The van der Waals surface area contributed by atoms with Crippen LogP contribution in [0.25, 0.3) is 0 Å². The molecule has 0 aliphatic carbocycles. The van der Waals surface area contributed by atoms with Gasteiger partial charge in [0.15, 0.2) is 0 Å². The van der Waals surface area contributed by atoms with Crippen LogP contribution in [0.1, 0.15) is 0 Å². The van der Waals surface area contributed by atoms with E-state index in [0.717, 1.165) is 9.26 Å². The molecule has 1 heterocycles. The predicted octanol–water partition coefficient (Wildman–Crippen LogP) is 3.06. The Morgan fingerprint density at radius 1 is 1.25 bits per heavy atom. The first-order valence-corrected chi connectivity index (χ1v) is 5.90. The third-order valence-electron chi connectivity index (χ3n) is 1.85. The molecule has 1 aromatic heterocycles. The van der Waals surface area contributed by atoms with Crippen LogP contribution in [0.2, 0.25) is 5.02 Å². The monoisotopic (exact) mass is 346 g/mol. The summed E-state index contributed by atoms with van der Waals surface area (Å²) in [5.74, 6) is 0.509. The smallest absolute Gasteiger partial charge is 0.227 e. The Bertz CT molecular complexity index is 501. The molecule has 0 unspecified atom stereocenters. The number of nitrogen functional groups attached to an aromatic ring is 1. The minimum Gasteiger partial charge on any atom is -0.396 e. The molecule has 1 aromatic carbocycles. The minimum absolute atomic E-state index is 0.509. The quantitative estimate of drug-likeness (QED) is 0.820. The van der Waals surface area contributed by atoms with E-state index in [4.69, 9.17) is 17.3 Å². The van der Waals surface area contributed by atoms with Crippen molar-refractivity contribution in [2.45, 2.75) is 0 Å². The molecule has 0 bridgehead atoms. The first kappa shape index (κ1) is 11.4. The lowest BCUT2D eigenvalue weighted by molar-refractivity contribution is 1.17. The number of nitrogens with zero attached hydrogens (tertiary/aromatic N) is 2. The highest BCUT2D eigenvalue weighted by Gasteiger charge is 2.02. The second-order valence-corrected chi connectivity index (χ2v) is 4.69. The van der Waals surface area contributed by atoms with E-state index >= 15 is 0 Å². The summed E-state index contributed by atoms with van der Waals surface area (Å²) in [6, 6.07) is 5.55. The topological polar surface area (TPSA) is 63.8 Å². The molecule has 0 aliphatic rings. The zero-order chi connectivity index (χ0) is 11.5. The van der Waals surface area contributed by atoms with Gasteiger partial charge < -0.3 is 11.1 Å². The van der Waals surface area contributed by atoms with E-state index in [-0.39, 0.29) is 0 Å². The van der Waals surface area contributed by atoms with Gasteiger partial charge in [-0.1, -0.05) is 11.6 Å². The summed E-state index contributed by atoms with van der Waals surface area (Å²) >= 11 is 8.05. The fourth-order valence-electron chi connectivity index (χ4n) is 1.11. The Labute approximate surface area is 111 Å². The summed E-state index contributed by atoms with van der Waals surface area (Å²) in [5, 5.41) is 3.78. The highest BCUT2D eigenvalue weighted by atomic mass is 127. The van der Waals surface area contributed by atoms with Crippen LogP contribution in [0.5, 0.6) is 0 Å². The molecule has 0 amide bonds. The number of aromatic nitrogens is 2. The first-order chi connectivity index (χ1) is 7.65. The van der Waals surface area contributed by atoms with Crippen molar-refractivity contribution in [3.63, 3.8) is 0 Å². The molecular formula is C10H8ClIN4. The summed E-state index contributed by atoms with van der Waals surface area (Å²) in [7, 11) is 0. The minimum atomic E-state index is 0.509. The largest absolute Gasteiger partial charge is 0.396 e. The number of nitrogens with two attached hydrogens (primary N) is 1. The van der Waals surface area contributed by atoms with Crippen LogP contribution in [0.3, 0.4) is 0 Å². The summed E-state index contributed by atoms with van der Waals surface area (Å²) in [6.45, 7) is 0. The third-order valence-corrected chi connectivity index (χ3v) is 2.98. The molecule has 2 rings (SSSR count). The zero-order valence-corrected chi connectivity index (χ0v) is 11.0. The molecule has 4 nitrogen and oxygen atoms in total. The van der Waals surface area contributed by atoms with Gasteiger partial charge in [0.25, 0.3) is 0 Å². The summed E-state index contributed by atoms with van der Waals surface area (Å²) in [5.41, 5.74) is 6.95. The van der Waals surface area contributed by atoms with Crippen molar-refractivity contribution in [2.75, 3.05) is 11.1 Å². The Hall–Kier alpha value is -1.08. The van der Waals surface area contributed by atoms with Crippen LogP contribution < -0.4 is 11.1 Å². The molecule has 0 aliphatic heterocycles. The highest BCUT2D eigenvalue weighted by molar-refractivity contribution is 14.1. The summed E-state index contributed by atoms with van der Waals surface area (Å²) < 4.78 is 1.01. The van der Waals surface area contributed by atoms with Crippen molar-refractivity contribution in [3.05, 3.63) is 39.2 Å². The number of rotatable bonds is 2. The second kappa shape index (κ2) is 4.84. The number of hydrogen-bond donors (Lipinski definition) is 2. The van der Waals surface area contributed by atoms with Crippen molar-refractivity contribution in [2.24, 2.45) is 0 Å². The molecule has 0 fully saturated rings. The van der Waals surface area contributed by atoms with Crippen molar-refractivity contribution in [1.29, 1.82) is 0 Å². The average Bonchev–Trinajstić information content (AvgIpc) is 2.25. The number of halogens is 2. The lowest BCUT2D eigenvalue weighted by atomic mass is 10.3. The SMILES string of the molecule is Nc1cnc(Nc2ccc(Cl)cc2I)nc1. The molecule has 0 atom stereocenters. The van der Waals surface area contributed by atoms with E-state index in [1.165, 1.54) is 0 Å². The summed E-state index contributed by atoms with van der Waals surface area (Å²) in [6.07, 6.45) is 3.11. The van der Waals surface area contributed by atoms with Gasteiger partial charge in [-0.3, -0.25) is 0 Å². The lowest BCUT2D eigenvalue weighted by Gasteiger charge is -2.06. The molecule has 0 saturated heterocycles. The normalized spacial score (nSPS) is 10.1. The number of hydrogen-bond acceptors (Lipinski definition) is 4. The van der Waals surface area contributed by atoms with E-state index in [2.05, 4.69) is 37.9 Å². The van der Waals surface area contributed by atoms with Gasteiger partial charge in [0, 0.05) is 8.59 Å². The fourth-order valence-corrected chi connectivity index (χ4v) is 2.12. The van der Waals surface area contributed by atoms with Gasteiger partial charge >= 0.3 is 0 Å². The van der Waals surface area contributed by atoms with Crippen molar-refractivity contribution in [1.82, 2.24) is 9.97 Å². The van der Waals surface area contributed by atoms with E-state index in [0.29, 0.717) is 16.7 Å². The lowest BCUT2D eigenvalue weighted by Crippen LogP contribution is -1.99. The van der Waals surface area contributed by atoms with E-state index in [9.17, 15) is 0 Å². The van der Waals surface area contributed by atoms with Gasteiger partial charge in [0.05, 0.1) is 23.8 Å². The molecule has 0 spiro atoms. The second-order valence-electron chi connectivity index (χ2n) is 3.09. The maximum atomic E-state index is 5.86. The van der Waals surface area contributed by atoms with Crippen LogP contribution in [0.15, 0.2) is 30.6 Å². The molecular weight excluding hydrogens is 338 g/mol.